The molecule has 0 aliphatic carbocycles. The molecule has 0 unspecified atom stereocenters. The minimum Gasteiger partial charge on any atom is -0.348 e. The molecule has 1 rings (SSSR count). The number of rotatable bonds is 4. The van der Waals surface area contributed by atoms with Gasteiger partial charge in [0.15, 0.2) is 0 Å². The van der Waals surface area contributed by atoms with E-state index in [9.17, 15) is 4.79 Å². The van der Waals surface area contributed by atoms with E-state index < -0.39 is 0 Å². The van der Waals surface area contributed by atoms with Gasteiger partial charge >= 0.3 is 0 Å². The fraction of sp³-hybridized carbons (Fsp3) is 0.333. The van der Waals surface area contributed by atoms with Crippen LogP contribution < -0.4 is 5.32 Å². The monoisotopic (exact) mass is 202 g/mol. The number of hydrogen-bond acceptors (Lipinski definition) is 2. The number of nitrogens with one attached hydrogen (secondary N) is 1. The van der Waals surface area contributed by atoms with Crippen LogP contribution in [0.3, 0.4) is 0 Å². The van der Waals surface area contributed by atoms with E-state index in [0.29, 0.717) is 0 Å². The molecule has 0 fully saturated rings. The first-order chi connectivity index (χ1) is 7.27. The van der Waals surface area contributed by atoms with Gasteiger partial charge in [0.1, 0.15) is 6.42 Å². The first-order valence-corrected chi connectivity index (χ1v) is 4.99. The summed E-state index contributed by atoms with van der Waals surface area (Å²) in [6, 6.07) is 11.6. The van der Waals surface area contributed by atoms with E-state index in [1.807, 2.05) is 43.3 Å². The van der Waals surface area contributed by atoms with Crippen molar-refractivity contribution in [2.24, 2.45) is 0 Å². The molecule has 0 aliphatic heterocycles. The fourth-order valence-electron chi connectivity index (χ4n) is 1.42. The van der Waals surface area contributed by atoms with E-state index in [1.54, 1.807) is 0 Å². The van der Waals surface area contributed by atoms with Gasteiger partial charge in [0.2, 0.25) is 5.91 Å². The maximum absolute atomic E-state index is 11.3. The molecule has 1 atom stereocenters. The zero-order valence-electron chi connectivity index (χ0n) is 8.73. The van der Waals surface area contributed by atoms with Crippen molar-refractivity contribution in [2.75, 3.05) is 0 Å². The first kappa shape index (κ1) is 11.3. The number of benzene rings is 1. The Kier molecular flexibility index (Phi) is 4.36. The SMILES string of the molecule is CC[C@@H](NC(=O)CC#N)c1ccccc1. The lowest BCUT2D eigenvalue weighted by Gasteiger charge is -2.16. The molecule has 78 valence electrons. The second-order valence-corrected chi connectivity index (χ2v) is 3.27. The Balaban J connectivity index is 2.65. The molecule has 0 heterocycles. The molecule has 0 radical (unpaired) electrons. The summed E-state index contributed by atoms with van der Waals surface area (Å²) in [5.41, 5.74) is 1.08. The highest BCUT2D eigenvalue weighted by Crippen LogP contribution is 2.15. The Morgan fingerprint density at radius 2 is 2.13 bits per heavy atom. The summed E-state index contributed by atoms with van der Waals surface area (Å²) in [5, 5.41) is 11.2. The van der Waals surface area contributed by atoms with E-state index >= 15 is 0 Å². The lowest BCUT2D eigenvalue weighted by molar-refractivity contribution is -0.120. The summed E-state index contributed by atoms with van der Waals surface area (Å²) < 4.78 is 0. The third-order valence-electron chi connectivity index (χ3n) is 2.19. The lowest BCUT2D eigenvalue weighted by Crippen LogP contribution is -2.27. The quantitative estimate of drug-likeness (QED) is 0.813. The van der Waals surface area contributed by atoms with E-state index in [1.165, 1.54) is 0 Å². The first-order valence-electron chi connectivity index (χ1n) is 4.99. The molecular formula is C12H14N2O. The van der Waals surface area contributed by atoms with Crippen molar-refractivity contribution in [1.82, 2.24) is 5.32 Å². The molecule has 0 spiro atoms. The molecule has 1 N–H and O–H groups in total. The third kappa shape index (κ3) is 3.43. The Bertz CT molecular complexity index is 354. The maximum atomic E-state index is 11.3. The highest BCUT2D eigenvalue weighted by Gasteiger charge is 2.11. The van der Waals surface area contributed by atoms with Crippen LogP contribution in [-0.2, 0) is 4.79 Å². The van der Waals surface area contributed by atoms with Gasteiger partial charge in [-0.25, -0.2) is 0 Å². The van der Waals surface area contributed by atoms with Gasteiger partial charge in [0, 0.05) is 0 Å². The second kappa shape index (κ2) is 5.82. The highest BCUT2D eigenvalue weighted by atomic mass is 16.1. The van der Waals surface area contributed by atoms with Gasteiger partial charge in [0.05, 0.1) is 12.1 Å². The van der Waals surface area contributed by atoms with Crippen LogP contribution >= 0.6 is 0 Å². The summed E-state index contributed by atoms with van der Waals surface area (Å²) in [6.45, 7) is 2.00. The van der Waals surface area contributed by atoms with Crippen molar-refractivity contribution in [3.63, 3.8) is 0 Å². The standard InChI is InChI=1S/C12H14N2O/c1-2-11(14-12(15)8-9-13)10-6-4-3-5-7-10/h3-7,11H,2,8H2,1H3,(H,14,15)/t11-/m1/s1. The van der Waals surface area contributed by atoms with Gasteiger partial charge in [-0.05, 0) is 12.0 Å². The number of hydrogen-bond donors (Lipinski definition) is 1. The number of carbonyl (C=O) groups is 1. The number of nitriles is 1. The Morgan fingerprint density at radius 1 is 1.47 bits per heavy atom. The van der Waals surface area contributed by atoms with E-state index in [-0.39, 0.29) is 18.4 Å². The molecule has 0 saturated carbocycles. The Hall–Kier alpha value is -1.82. The van der Waals surface area contributed by atoms with E-state index in [4.69, 9.17) is 5.26 Å². The zero-order chi connectivity index (χ0) is 11.1. The van der Waals surface area contributed by atoms with Crippen molar-refractivity contribution in [1.29, 1.82) is 5.26 Å². The molecule has 1 amide bonds. The van der Waals surface area contributed by atoms with Crippen LogP contribution in [0.25, 0.3) is 0 Å². The highest BCUT2D eigenvalue weighted by molar-refractivity contribution is 5.78. The minimum absolute atomic E-state index is 0.00653. The largest absolute Gasteiger partial charge is 0.348 e. The predicted octanol–water partition coefficient (Wildman–Crippen LogP) is 2.17. The molecule has 0 bridgehead atoms. The van der Waals surface area contributed by atoms with Crippen molar-refractivity contribution < 1.29 is 4.79 Å². The third-order valence-corrected chi connectivity index (χ3v) is 2.19. The van der Waals surface area contributed by atoms with Gasteiger partial charge in [-0.1, -0.05) is 37.3 Å². The van der Waals surface area contributed by atoms with Crippen LogP contribution in [0.2, 0.25) is 0 Å². The number of carbonyl (C=O) groups excluding carboxylic acids is 1. The van der Waals surface area contributed by atoms with Crippen LogP contribution in [-0.4, -0.2) is 5.91 Å². The normalized spacial score (nSPS) is 11.5. The van der Waals surface area contributed by atoms with Crippen molar-refractivity contribution in [3.8, 4) is 6.07 Å². The molecule has 0 aliphatic rings. The average molecular weight is 202 g/mol. The van der Waals surface area contributed by atoms with Gasteiger partial charge < -0.3 is 5.32 Å². The molecule has 3 nitrogen and oxygen atoms in total. The summed E-state index contributed by atoms with van der Waals surface area (Å²) in [6.07, 6.45) is 0.741. The van der Waals surface area contributed by atoms with Crippen LogP contribution in [0, 0.1) is 11.3 Å². The van der Waals surface area contributed by atoms with Crippen molar-refractivity contribution >= 4 is 5.91 Å². The smallest absolute Gasteiger partial charge is 0.234 e. The molecule has 3 heteroatoms. The lowest BCUT2D eigenvalue weighted by atomic mass is 10.0. The molecule has 1 aromatic rings. The van der Waals surface area contributed by atoms with Crippen LogP contribution in [0.15, 0.2) is 30.3 Å². The summed E-state index contributed by atoms with van der Waals surface area (Å²) in [4.78, 5) is 11.3. The van der Waals surface area contributed by atoms with Gasteiger partial charge in [-0.3, -0.25) is 4.79 Å². The molecule has 0 saturated heterocycles. The predicted molar refractivity (Wildman–Crippen MR) is 57.8 cm³/mol. The van der Waals surface area contributed by atoms with E-state index in [2.05, 4.69) is 5.32 Å². The van der Waals surface area contributed by atoms with Crippen molar-refractivity contribution in [3.05, 3.63) is 35.9 Å². The van der Waals surface area contributed by atoms with Gasteiger partial charge in [-0.15, -0.1) is 0 Å². The van der Waals surface area contributed by atoms with Crippen molar-refractivity contribution in [2.45, 2.75) is 25.8 Å². The topological polar surface area (TPSA) is 52.9 Å². The van der Waals surface area contributed by atoms with E-state index in [0.717, 1.165) is 12.0 Å². The second-order valence-electron chi connectivity index (χ2n) is 3.27. The Morgan fingerprint density at radius 3 is 2.67 bits per heavy atom. The van der Waals surface area contributed by atoms with Gasteiger partial charge in [0.25, 0.3) is 0 Å². The van der Waals surface area contributed by atoms with Gasteiger partial charge in [-0.2, -0.15) is 5.26 Å². The summed E-state index contributed by atoms with van der Waals surface area (Å²) in [5.74, 6) is -0.215. The average Bonchev–Trinajstić information content (AvgIpc) is 2.27. The zero-order valence-corrected chi connectivity index (χ0v) is 8.73. The molecular weight excluding hydrogens is 188 g/mol. The number of amides is 1. The molecule has 1 aromatic carbocycles. The summed E-state index contributed by atoms with van der Waals surface area (Å²) >= 11 is 0. The minimum atomic E-state index is -0.215. The molecule has 0 aromatic heterocycles. The van der Waals surface area contributed by atoms with Crippen LogP contribution in [0.5, 0.6) is 0 Å². The maximum Gasteiger partial charge on any atom is 0.234 e. The fourth-order valence-corrected chi connectivity index (χ4v) is 1.42. The summed E-state index contributed by atoms with van der Waals surface area (Å²) in [7, 11) is 0. The molecule has 15 heavy (non-hydrogen) atoms. The number of nitrogens with zero attached hydrogens (tertiary/aromatic N) is 1. The van der Waals surface area contributed by atoms with Crippen LogP contribution in [0.4, 0.5) is 0 Å². The van der Waals surface area contributed by atoms with Crippen LogP contribution in [0.1, 0.15) is 31.4 Å². The Labute approximate surface area is 89.7 Å².